The Morgan fingerprint density at radius 2 is 2.07 bits per heavy atom. The molecule has 1 aliphatic heterocycles. The first-order valence-electron chi connectivity index (χ1n) is 8.70. The SMILES string of the molecule is O=C(NOCCO)c1cc2c(cc1Nc1ccc(I)cc1F)C(=O)NC21CC1. The Kier molecular flexibility index (Phi) is 4.98. The fraction of sp³-hybridized carbons (Fsp3) is 0.263. The predicted molar refractivity (Wildman–Crippen MR) is 108 cm³/mol. The number of amides is 2. The van der Waals surface area contributed by atoms with Crippen LogP contribution in [0, 0.1) is 9.39 Å². The maximum atomic E-state index is 14.3. The Labute approximate surface area is 173 Å². The van der Waals surface area contributed by atoms with Gasteiger partial charge in [-0.25, -0.2) is 9.87 Å². The molecule has 0 atom stereocenters. The van der Waals surface area contributed by atoms with E-state index >= 15 is 0 Å². The van der Waals surface area contributed by atoms with Crippen LogP contribution >= 0.6 is 22.6 Å². The summed E-state index contributed by atoms with van der Waals surface area (Å²) >= 11 is 2.00. The van der Waals surface area contributed by atoms with E-state index in [1.54, 1.807) is 24.3 Å². The third-order valence-corrected chi connectivity index (χ3v) is 5.49. The topological polar surface area (TPSA) is 99.7 Å². The van der Waals surface area contributed by atoms with E-state index in [-0.39, 0.29) is 36.1 Å². The van der Waals surface area contributed by atoms with Crippen LogP contribution in [-0.2, 0) is 10.4 Å². The molecule has 1 saturated carbocycles. The maximum absolute atomic E-state index is 14.3. The molecule has 2 aromatic rings. The summed E-state index contributed by atoms with van der Waals surface area (Å²) in [6, 6.07) is 7.87. The number of rotatable bonds is 6. The number of halogens is 2. The van der Waals surface area contributed by atoms with Crippen molar-refractivity contribution in [3.8, 4) is 0 Å². The van der Waals surface area contributed by atoms with E-state index in [0.29, 0.717) is 5.56 Å². The zero-order valence-electron chi connectivity index (χ0n) is 14.6. The number of fused-ring (bicyclic) bond motifs is 2. The molecule has 4 N–H and O–H groups in total. The molecule has 0 unspecified atom stereocenters. The molecule has 2 aliphatic rings. The maximum Gasteiger partial charge on any atom is 0.276 e. The van der Waals surface area contributed by atoms with Crippen LogP contribution < -0.4 is 16.1 Å². The number of anilines is 2. The van der Waals surface area contributed by atoms with Gasteiger partial charge in [0.05, 0.1) is 35.7 Å². The van der Waals surface area contributed by atoms with E-state index < -0.39 is 17.3 Å². The lowest BCUT2D eigenvalue weighted by Crippen LogP contribution is -2.27. The monoisotopic (exact) mass is 497 g/mol. The minimum atomic E-state index is -0.556. The van der Waals surface area contributed by atoms with Crippen molar-refractivity contribution >= 4 is 45.8 Å². The summed E-state index contributed by atoms with van der Waals surface area (Å²) < 4.78 is 15.0. The summed E-state index contributed by atoms with van der Waals surface area (Å²) in [4.78, 5) is 29.9. The second-order valence-electron chi connectivity index (χ2n) is 6.73. The molecule has 0 saturated heterocycles. The van der Waals surface area contributed by atoms with Crippen LogP contribution in [0.2, 0.25) is 0 Å². The number of carbonyl (C=O) groups is 2. The summed E-state index contributed by atoms with van der Waals surface area (Å²) in [5, 5.41) is 14.7. The van der Waals surface area contributed by atoms with Gasteiger partial charge in [0.2, 0.25) is 0 Å². The molecule has 0 aromatic heterocycles. The molecule has 1 spiro atoms. The molecule has 28 heavy (non-hydrogen) atoms. The molecular formula is C19H17FIN3O4. The van der Waals surface area contributed by atoms with Crippen molar-refractivity contribution in [3.63, 3.8) is 0 Å². The van der Waals surface area contributed by atoms with E-state index in [4.69, 9.17) is 9.94 Å². The van der Waals surface area contributed by atoms with Crippen LogP contribution in [0.3, 0.4) is 0 Å². The number of benzene rings is 2. The number of carbonyl (C=O) groups excluding carboxylic acids is 2. The quantitative estimate of drug-likeness (QED) is 0.280. The second-order valence-corrected chi connectivity index (χ2v) is 7.98. The highest BCUT2D eigenvalue weighted by Crippen LogP contribution is 2.51. The fourth-order valence-corrected chi connectivity index (χ4v) is 3.75. The molecule has 1 heterocycles. The molecule has 2 aromatic carbocycles. The first-order chi connectivity index (χ1) is 13.4. The van der Waals surface area contributed by atoms with Gasteiger partial charge in [-0.15, -0.1) is 0 Å². The lowest BCUT2D eigenvalue weighted by atomic mass is 9.98. The first-order valence-corrected chi connectivity index (χ1v) is 9.77. The zero-order chi connectivity index (χ0) is 19.9. The number of hydrogen-bond donors (Lipinski definition) is 4. The van der Waals surface area contributed by atoms with Gasteiger partial charge in [0.25, 0.3) is 11.8 Å². The third kappa shape index (κ3) is 3.45. The number of aliphatic hydroxyl groups is 1. The van der Waals surface area contributed by atoms with Gasteiger partial charge in [-0.2, -0.15) is 0 Å². The number of hydrogen-bond acceptors (Lipinski definition) is 5. The van der Waals surface area contributed by atoms with E-state index in [9.17, 15) is 14.0 Å². The van der Waals surface area contributed by atoms with E-state index in [0.717, 1.165) is 22.0 Å². The van der Waals surface area contributed by atoms with Gasteiger partial charge in [-0.05, 0) is 71.3 Å². The second kappa shape index (κ2) is 7.30. The van der Waals surface area contributed by atoms with Crippen molar-refractivity contribution in [2.24, 2.45) is 0 Å². The van der Waals surface area contributed by atoms with Crippen LogP contribution in [0.4, 0.5) is 15.8 Å². The average Bonchev–Trinajstić information content (AvgIpc) is 3.38. The van der Waals surface area contributed by atoms with Crippen molar-refractivity contribution in [1.29, 1.82) is 0 Å². The van der Waals surface area contributed by atoms with Crippen LogP contribution in [0.15, 0.2) is 30.3 Å². The lowest BCUT2D eigenvalue weighted by Gasteiger charge is -2.16. The Bertz CT molecular complexity index is 978. The van der Waals surface area contributed by atoms with Crippen LogP contribution in [-0.4, -0.2) is 30.1 Å². The van der Waals surface area contributed by atoms with Gasteiger partial charge >= 0.3 is 0 Å². The van der Waals surface area contributed by atoms with Crippen LogP contribution in [0.5, 0.6) is 0 Å². The van der Waals surface area contributed by atoms with Gasteiger partial charge in [0.1, 0.15) is 5.82 Å². The minimum Gasteiger partial charge on any atom is -0.394 e. The number of hydroxylamine groups is 1. The van der Waals surface area contributed by atoms with Crippen molar-refractivity contribution in [3.05, 3.63) is 56.4 Å². The highest BCUT2D eigenvalue weighted by atomic mass is 127. The van der Waals surface area contributed by atoms with Crippen molar-refractivity contribution in [2.45, 2.75) is 18.4 Å². The van der Waals surface area contributed by atoms with Crippen LogP contribution in [0.25, 0.3) is 0 Å². The Morgan fingerprint density at radius 1 is 1.29 bits per heavy atom. The van der Waals surface area contributed by atoms with Gasteiger partial charge in [0, 0.05) is 9.13 Å². The normalized spacial score (nSPS) is 15.9. The predicted octanol–water partition coefficient (Wildman–Crippen LogP) is 2.56. The van der Waals surface area contributed by atoms with E-state index in [1.807, 2.05) is 22.6 Å². The Morgan fingerprint density at radius 3 is 2.75 bits per heavy atom. The van der Waals surface area contributed by atoms with Crippen molar-refractivity contribution < 1.29 is 23.9 Å². The standard InChI is InChI=1S/C19H17FIN3O4/c20-14-7-10(21)1-2-15(14)22-16-9-11-13(19(3-4-19)23-17(11)26)8-12(16)18(27)24-28-6-5-25/h1-2,7-9,22,25H,3-6H2,(H,23,26)(H,24,27). The van der Waals surface area contributed by atoms with Gasteiger partial charge in [-0.1, -0.05) is 0 Å². The van der Waals surface area contributed by atoms with Gasteiger partial charge in [0.15, 0.2) is 0 Å². The van der Waals surface area contributed by atoms with Crippen molar-refractivity contribution in [1.82, 2.24) is 10.8 Å². The molecule has 2 amide bonds. The van der Waals surface area contributed by atoms with Gasteiger partial charge < -0.3 is 15.7 Å². The van der Waals surface area contributed by atoms with Crippen LogP contribution in [0.1, 0.15) is 39.1 Å². The van der Waals surface area contributed by atoms with E-state index in [2.05, 4.69) is 16.1 Å². The summed E-state index contributed by atoms with van der Waals surface area (Å²) in [5.41, 5.74) is 3.79. The molecule has 7 nitrogen and oxygen atoms in total. The van der Waals surface area contributed by atoms with E-state index in [1.165, 1.54) is 6.07 Å². The van der Waals surface area contributed by atoms with Gasteiger partial charge in [-0.3, -0.25) is 14.4 Å². The molecule has 1 fully saturated rings. The highest BCUT2D eigenvalue weighted by Gasteiger charge is 2.52. The average molecular weight is 497 g/mol. The molecule has 0 bridgehead atoms. The molecule has 1 aliphatic carbocycles. The zero-order valence-corrected chi connectivity index (χ0v) is 16.8. The lowest BCUT2D eigenvalue weighted by molar-refractivity contribution is 0.0169. The summed E-state index contributed by atoms with van der Waals surface area (Å²) in [6.07, 6.45) is 1.62. The fourth-order valence-electron chi connectivity index (χ4n) is 3.30. The smallest absolute Gasteiger partial charge is 0.276 e. The summed E-state index contributed by atoms with van der Waals surface area (Å²) in [5.74, 6) is -1.24. The molecule has 9 heteroatoms. The minimum absolute atomic E-state index is 0.0603. The van der Waals surface area contributed by atoms with Crippen molar-refractivity contribution in [2.75, 3.05) is 18.5 Å². The third-order valence-electron chi connectivity index (χ3n) is 4.82. The first kappa shape index (κ1) is 19.1. The molecule has 4 rings (SSSR count). The number of aliphatic hydroxyl groups excluding tert-OH is 1. The highest BCUT2D eigenvalue weighted by molar-refractivity contribution is 14.1. The summed E-state index contributed by atoms with van der Waals surface area (Å²) in [6.45, 7) is -0.305. The molecule has 0 radical (unpaired) electrons. The number of nitrogens with one attached hydrogen (secondary N) is 3. The Hall–Kier alpha value is -2.24. The molecular weight excluding hydrogens is 480 g/mol. The Balaban J connectivity index is 1.74. The largest absolute Gasteiger partial charge is 0.394 e. The molecule has 146 valence electrons. The summed E-state index contributed by atoms with van der Waals surface area (Å²) in [7, 11) is 0.